The molecule has 0 amide bonds. The molecule has 7 rings (SSSR count). The van der Waals surface area contributed by atoms with E-state index in [-0.39, 0.29) is 6.61 Å². The molecule has 0 saturated carbocycles. The van der Waals surface area contributed by atoms with Gasteiger partial charge < -0.3 is 13.8 Å². The Morgan fingerprint density at radius 1 is 0.925 bits per heavy atom. The van der Waals surface area contributed by atoms with E-state index >= 15 is 0 Å². The summed E-state index contributed by atoms with van der Waals surface area (Å²) in [5.74, 6) is 1.36. The third-order valence-corrected chi connectivity index (χ3v) is 7.68. The van der Waals surface area contributed by atoms with Gasteiger partial charge in [-0.2, -0.15) is 0 Å². The Kier molecular flexibility index (Phi) is 6.18. The maximum Gasteiger partial charge on any atom is 0.192 e. The second-order valence-corrected chi connectivity index (χ2v) is 10.2. The van der Waals surface area contributed by atoms with Crippen LogP contribution in [0.4, 0.5) is 0 Å². The Bertz CT molecular complexity index is 1920. The molecule has 0 aliphatic rings. The van der Waals surface area contributed by atoms with E-state index in [1.165, 1.54) is 0 Å². The Labute approximate surface area is 233 Å². The van der Waals surface area contributed by atoms with Crippen molar-refractivity contribution in [2.24, 2.45) is 5.16 Å². The highest BCUT2D eigenvalue weighted by Gasteiger charge is 2.25. The molecule has 0 bridgehead atoms. The van der Waals surface area contributed by atoms with Crippen LogP contribution in [0.2, 0.25) is 0 Å². The summed E-state index contributed by atoms with van der Waals surface area (Å²) < 4.78 is 9.68. The van der Waals surface area contributed by atoms with Gasteiger partial charge in [-0.1, -0.05) is 71.9 Å². The SMILES string of the molecule is C/C(=N\OCc1nc2c3c(-c4ccccc4)c(-c4ccccc4)n(Cc4ccco4)c3ncn2n1)c1cccs1. The zero-order valence-corrected chi connectivity index (χ0v) is 22.5. The molecule has 0 aliphatic heterocycles. The number of aromatic nitrogens is 5. The zero-order chi connectivity index (χ0) is 26.9. The molecular formula is C31H24N6O2S. The third-order valence-electron chi connectivity index (χ3n) is 6.70. The Hall–Kier alpha value is -5.02. The van der Waals surface area contributed by atoms with Gasteiger partial charge in [-0.3, -0.25) is 0 Å². The van der Waals surface area contributed by atoms with E-state index in [4.69, 9.17) is 19.2 Å². The number of furan rings is 1. The summed E-state index contributed by atoms with van der Waals surface area (Å²) in [6.45, 7) is 2.59. The second-order valence-electron chi connectivity index (χ2n) is 9.29. The third kappa shape index (κ3) is 4.36. The van der Waals surface area contributed by atoms with Gasteiger partial charge in [-0.05, 0) is 41.6 Å². The number of rotatable bonds is 8. The predicted octanol–water partition coefficient (Wildman–Crippen LogP) is 7.06. The molecule has 9 heteroatoms. The van der Waals surface area contributed by atoms with Crippen LogP contribution in [0.15, 0.2) is 112 Å². The molecule has 196 valence electrons. The van der Waals surface area contributed by atoms with Crippen molar-refractivity contribution in [3.63, 3.8) is 0 Å². The summed E-state index contributed by atoms with van der Waals surface area (Å²) in [5, 5.41) is 11.9. The summed E-state index contributed by atoms with van der Waals surface area (Å²) in [7, 11) is 0. The lowest BCUT2D eigenvalue weighted by Crippen LogP contribution is -2.03. The van der Waals surface area contributed by atoms with E-state index in [1.807, 2.05) is 73.0 Å². The van der Waals surface area contributed by atoms with Gasteiger partial charge in [-0.15, -0.1) is 16.4 Å². The number of thiophene rings is 1. The molecule has 2 aromatic carbocycles. The van der Waals surface area contributed by atoms with Gasteiger partial charge in [0.15, 0.2) is 18.1 Å². The van der Waals surface area contributed by atoms with Crippen molar-refractivity contribution in [3.05, 3.63) is 119 Å². The average Bonchev–Trinajstić information content (AvgIpc) is 3.81. The minimum Gasteiger partial charge on any atom is -0.467 e. The van der Waals surface area contributed by atoms with Crippen LogP contribution in [0.25, 0.3) is 39.1 Å². The van der Waals surface area contributed by atoms with Crippen LogP contribution in [0.5, 0.6) is 0 Å². The van der Waals surface area contributed by atoms with Crippen LogP contribution in [0, 0.1) is 0 Å². The fourth-order valence-corrected chi connectivity index (χ4v) is 5.62. The fourth-order valence-electron chi connectivity index (χ4n) is 4.95. The Balaban J connectivity index is 1.42. The average molecular weight is 545 g/mol. The van der Waals surface area contributed by atoms with E-state index in [9.17, 15) is 0 Å². The van der Waals surface area contributed by atoms with Crippen LogP contribution in [0.1, 0.15) is 23.4 Å². The monoisotopic (exact) mass is 544 g/mol. The quantitative estimate of drug-likeness (QED) is 0.151. The molecule has 0 N–H and O–H groups in total. The molecule has 0 spiro atoms. The molecule has 8 nitrogen and oxygen atoms in total. The van der Waals surface area contributed by atoms with Crippen LogP contribution in [-0.4, -0.2) is 29.9 Å². The van der Waals surface area contributed by atoms with Crippen molar-refractivity contribution in [2.75, 3.05) is 0 Å². The summed E-state index contributed by atoms with van der Waals surface area (Å²) in [6, 6.07) is 28.6. The van der Waals surface area contributed by atoms with Crippen LogP contribution >= 0.6 is 11.3 Å². The molecule has 0 saturated heterocycles. The van der Waals surface area contributed by atoms with Gasteiger partial charge in [0.1, 0.15) is 17.7 Å². The van der Waals surface area contributed by atoms with Crippen LogP contribution in [0.3, 0.4) is 0 Å². The standard InChI is InChI=1S/C31H24N6O2S/c1-21(25-15-9-17-40-25)35-39-19-26-33-31-28-27(22-10-4-2-5-11-22)29(23-12-6-3-7-13-23)36(18-24-14-8-16-38-24)30(28)32-20-37(31)34-26/h2-17,20H,18-19H2,1H3/b35-21+. The minimum absolute atomic E-state index is 0.144. The highest BCUT2D eigenvalue weighted by molar-refractivity contribution is 7.12. The van der Waals surface area contributed by atoms with E-state index in [1.54, 1.807) is 28.4 Å². The van der Waals surface area contributed by atoms with E-state index in [2.05, 4.69) is 39.1 Å². The van der Waals surface area contributed by atoms with Crippen molar-refractivity contribution in [1.82, 2.24) is 24.1 Å². The highest BCUT2D eigenvalue weighted by atomic mass is 32.1. The predicted molar refractivity (Wildman–Crippen MR) is 156 cm³/mol. The van der Waals surface area contributed by atoms with Gasteiger partial charge in [0.25, 0.3) is 0 Å². The zero-order valence-electron chi connectivity index (χ0n) is 21.6. The maximum atomic E-state index is 5.76. The summed E-state index contributed by atoms with van der Waals surface area (Å²) in [4.78, 5) is 16.5. The van der Waals surface area contributed by atoms with Crippen LogP contribution < -0.4 is 0 Å². The molecule has 0 aliphatic carbocycles. The first-order valence-corrected chi connectivity index (χ1v) is 13.7. The number of fused-ring (bicyclic) bond motifs is 3. The van der Waals surface area contributed by atoms with Gasteiger partial charge in [-0.25, -0.2) is 14.5 Å². The molecule has 0 atom stereocenters. The summed E-state index contributed by atoms with van der Waals surface area (Å²) in [5.41, 5.74) is 6.54. The van der Waals surface area contributed by atoms with E-state index in [0.29, 0.717) is 18.0 Å². The molecule has 5 aromatic heterocycles. The van der Waals surface area contributed by atoms with Gasteiger partial charge in [0, 0.05) is 5.56 Å². The van der Waals surface area contributed by atoms with E-state index in [0.717, 1.165) is 49.8 Å². The van der Waals surface area contributed by atoms with Crippen molar-refractivity contribution >= 4 is 33.7 Å². The lowest BCUT2D eigenvalue weighted by Gasteiger charge is -2.11. The number of nitrogens with zero attached hydrogens (tertiary/aromatic N) is 6. The number of hydrogen-bond donors (Lipinski definition) is 0. The first-order valence-electron chi connectivity index (χ1n) is 12.9. The number of hydrogen-bond acceptors (Lipinski definition) is 7. The van der Waals surface area contributed by atoms with Gasteiger partial charge in [0.2, 0.25) is 0 Å². The molecule has 40 heavy (non-hydrogen) atoms. The minimum atomic E-state index is 0.144. The Morgan fingerprint density at radius 3 is 2.45 bits per heavy atom. The first kappa shape index (κ1) is 24.1. The van der Waals surface area contributed by atoms with Gasteiger partial charge in [0.05, 0.1) is 34.5 Å². The van der Waals surface area contributed by atoms with Crippen molar-refractivity contribution < 1.29 is 9.25 Å². The molecule has 5 heterocycles. The topological polar surface area (TPSA) is 82.7 Å². The van der Waals surface area contributed by atoms with Crippen molar-refractivity contribution in [3.8, 4) is 22.4 Å². The lowest BCUT2D eigenvalue weighted by atomic mass is 9.99. The number of oxime groups is 1. The smallest absolute Gasteiger partial charge is 0.192 e. The normalized spacial score (nSPS) is 12.0. The fraction of sp³-hybridized carbons (Fsp3) is 0.0968. The highest BCUT2D eigenvalue weighted by Crippen LogP contribution is 2.42. The van der Waals surface area contributed by atoms with Crippen LogP contribution in [-0.2, 0) is 18.0 Å². The summed E-state index contributed by atoms with van der Waals surface area (Å²) in [6.07, 6.45) is 3.40. The number of benzene rings is 2. The molecular weight excluding hydrogens is 520 g/mol. The Morgan fingerprint density at radius 2 is 1.73 bits per heavy atom. The molecule has 0 fully saturated rings. The van der Waals surface area contributed by atoms with E-state index < -0.39 is 0 Å². The van der Waals surface area contributed by atoms with Crippen molar-refractivity contribution in [2.45, 2.75) is 20.1 Å². The molecule has 0 radical (unpaired) electrons. The largest absolute Gasteiger partial charge is 0.467 e. The first-order chi connectivity index (χ1) is 19.8. The van der Waals surface area contributed by atoms with Gasteiger partial charge >= 0.3 is 0 Å². The molecule has 7 aromatic rings. The maximum absolute atomic E-state index is 5.76. The summed E-state index contributed by atoms with van der Waals surface area (Å²) >= 11 is 1.62. The van der Waals surface area contributed by atoms with Crippen molar-refractivity contribution in [1.29, 1.82) is 0 Å². The lowest BCUT2D eigenvalue weighted by molar-refractivity contribution is 0.125. The molecule has 0 unspecified atom stereocenters. The second kappa shape index (κ2) is 10.3.